The third kappa shape index (κ3) is 2.70. The van der Waals surface area contributed by atoms with Gasteiger partial charge in [0.1, 0.15) is 5.76 Å². The molecule has 7 heteroatoms. The van der Waals surface area contributed by atoms with Crippen molar-refractivity contribution in [2.75, 3.05) is 5.32 Å². The normalized spacial score (nSPS) is 14.3. The molecule has 2 aromatic rings. The lowest BCUT2D eigenvalue weighted by atomic mass is 10.1. The number of carbonyl (C=O) groups is 1. The highest BCUT2D eigenvalue weighted by Gasteiger charge is 2.23. The van der Waals surface area contributed by atoms with Gasteiger partial charge < -0.3 is 9.84 Å². The van der Waals surface area contributed by atoms with Crippen molar-refractivity contribution in [2.45, 2.75) is 32.1 Å². The highest BCUT2D eigenvalue weighted by molar-refractivity contribution is 6.03. The molecule has 1 N–H and O–H groups in total. The summed E-state index contributed by atoms with van der Waals surface area (Å²) >= 11 is 0. The molecule has 0 radical (unpaired) electrons. The molecule has 3 rings (SSSR count). The van der Waals surface area contributed by atoms with E-state index in [2.05, 4.69) is 10.5 Å². The van der Waals surface area contributed by atoms with Crippen LogP contribution in [-0.2, 0) is 12.8 Å². The summed E-state index contributed by atoms with van der Waals surface area (Å²) in [6.45, 7) is 0. The van der Waals surface area contributed by atoms with E-state index in [1.165, 1.54) is 0 Å². The summed E-state index contributed by atoms with van der Waals surface area (Å²) in [5, 5.41) is 6.06. The van der Waals surface area contributed by atoms with Crippen molar-refractivity contribution < 1.29 is 22.5 Å². The first kappa shape index (κ1) is 14.6. The van der Waals surface area contributed by atoms with E-state index in [9.17, 15) is 18.0 Å². The molecule has 0 spiro atoms. The fourth-order valence-electron chi connectivity index (χ4n) is 2.56. The number of nitrogens with one attached hydrogen (secondary N) is 1. The maximum atomic E-state index is 13.2. The van der Waals surface area contributed by atoms with Gasteiger partial charge in [-0.3, -0.25) is 4.79 Å². The SMILES string of the molecule is O=C(Nc1cc(F)c(F)c(F)c1)c1noc2c1CCCCC2. The zero-order chi connectivity index (χ0) is 15.7. The Balaban J connectivity index is 1.85. The largest absolute Gasteiger partial charge is 0.360 e. The second kappa shape index (κ2) is 5.82. The Kier molecular flexibility index (Phi) is 3.87. The van der Waals surface area contributed by atoms with Crippen LogP contribution in [0.1, 0.15) is 41.1 Å². The number of hydrogen-bond acceptors (Lipinski definition) is 3. The van der Waals surface area contributed by atoms with Gasteiger partial charge in [0.25, 0.3) is 5.91 Å². The summed E-state index contributed by atoms with van der Waals surface area (Å²) in [6.07, 6.45) is 4.33. The average molecular weight is 310 g/mol. The molecule has 4 nitrogen and oxygen atoms in total. The number of anilines is 1. The Labute approximate surface area is 124 Å². The monoisotopic (exact) mass is 310 g/mol. The van der Waals surface area contributed by atoms with Crippen LogP contribution in [0.4, 0.5) is 18.9 Å². The van der Waals surface area contributed by atoms with Crippen LogP contribution in [-0.4, -0.2) is 11.1 Å². The minimum absolute atomic E-state index is 0.113. The van der Waals surface area contributed by atoms with Gasteiger partial charge in [0.2, 0.25) is 0 Å². The Bertz CT molecular complexity index is 705. The number of aromatic nitrogens is 1. The molecule has 116 valence electrons. The summed E-state index contributed by atoms with van der Waals surface area (Å²) in [4.78, 5) is 12.2. The Morgan fingerprint density at radius 1 is 1.09 bits per heavy atom. The fourth-order valence-corrected chi connectivity index (χ4v) is 2.56. The Morgan fingerprint density at radius 3 is 2.50 bits per heavy atom. The minimum atomic E-state index is -1.58. The summed E-state index contributed by atoms with van der Waals surface area (Å²) < 4.78 is 44.4. The van der Waals surface area contributed by atoms with Crippen LogP contribution in [0, 0.1) is 17.5 Å². The Hall–Kier alpha value is -2.31. The van der Waals surface area contributed by atoms with Gasteiger partial charge in [-0.1, -0.05) is 11.6 Å². The molecule has 0 aliphatic heterocycles. The maximum Gasteiger partial charge on any atom is 0.278 e. The lowest BCUT2D eigenvalue weighted by Crippen LogP contribution is -2.15. The van der Waals surface area contributed by atoms with Crippen molar-refractivity contribution in [1.29, 1.82) is 0 Å². The number of halogens is 3. The summed E-state index contributed by atoms with van der Waals surface area (Å²) in [5.41, 5.74) is 0.673. The molecular formula is C15H13F3N2O2. The average Bonchev–Trinajstić information content (AvgIpc) is 2.74. The van der Waals surface area contributed by atoms with E-state index in [1.807, 2.05) is 0 Å². The quantitative estimate of drug-likeness (QED) is 0.681. The Morgan fingerprint density at radius 2 is 1.77 bits per heavy atom. The van der Waals surface area contributed by atoms with Crippen LogP contribution in [0.5, 0.6) is 0 Å². The van der Waals surface area contributed by atoms with Crippen LogP contribution in [0.3, 0.4) is 0 Å². The molecule has 0 fully saturated rings. The molecule has 0 unspecified atom stereocenters. The van der Waals surface area contributed by atoms with Crippen molar-refractivity contribution in [1.82, 2.24) is 5.16 Å². The molecule has 0 saturated heterocycles. The van der Waals surface area contributed by atoms with Gasteiger partial charge in [-0.05, 0) is 19.3 Å². The van der Waals surface area contributed by atoms with Gasteiger partial charge in [-0.2, -0.15) is 0 Å². The second-order valence-corrected chi connectivity index (χ2v) is 5.20. The van der Waals surface area contributed by atoms with Gasteiger partial charge in [0.05, 0.1) is 0 Å². The number of nitrogens with zero attached hydrogens (tertiary/aromatic N) is 1. The summed E-state index contributed by atoms with van der Waals surface area (Å²) in [7, 11) is 0. The lowest BCUT2D eigenvalue weighted by molar-refractivity contribution is 0.101. The van der Waals surface area contributed by atoms with E-state index < -0.39 is 23.4 Å². The van der Waals surface area contributed by atoms with Crippen LogP contribution in [0.15, 0.2) is 16.7 Å². The smallest absolute Gasteiger partial charge is 0.278 e. The molecule has 1 aromatic carbocycles. The van der Waals surface area contributed by atoms with Crippen LogP contribution >= 0.6 is 0 Å². The maximum absolute atomic E-state index is 13.2. The zero-order valence-electron chi connectivity index (χ0n) is 11.6. The van der Waals surface area contributed by atoms with Crippen molar-refractivity contribution in [2.24, 2.45) is 0 Å². The molecule has 1 aliphatic rings. The zero-order valence-corrected chi connectivity index (χ0v) is 11.6. The topological polar surface area (TPSA) is 55.1 Å². The minimum Gasteiger partial charge on any atom is -0.360 e. The van der Waals surface area contributed by atoms with E-state index in [4.69, 9.17) is 4.52 Å². The van der Waals surface area contributed by atoms with Crippen LogP contribution in [0.25, 0.3) is 0 Å². The lowest BCUT2D eigenvalue weighted by Gasteiger charge is -2.05. The first-order valence-corrected chi connectivity index (χ1v) is 6.99. The van der Waals surface area contributed by atoms with Crippen molar-refractivity contribution in [3.05, 3.63) is 46.6 Å². The number of fused-ring (bicyclic) bond motifs is 1. The third-order valence-electron chi connectivity index (χ3n) is 3.66. The number of amides is 1. The van der Waals surface area contributed by atoms with Gasteiger partial charge in [-0.25, -0.2) is 13.2 Å². The predicted molar refractivity (Wildman–Crippen MR) is 72.0 cm³/mol. The van der Waals surface area contributed by atoms with E-state index >= 15 is 0 Å². The van der Waals surface area contributed by atoms with Gasteiger partial charge in [0, 0.05) is 29.8 Å². The van der Waals surface area contributed by atoms with Crippen LogP contribution < -0.4 is 5.32 Å². The summed E-state index contributed by atoms with van der Waals surface area (Å²) in [5.74, 6) is -4.26. The van der Waals surface area contributed by atoms with E-state index in [0.717, 1.165) is 43.4 Å². The first-order valence-electron chi connectivity index (χ1n) is 6.99. The molecule has 22 heavy (non-hydrogen) atoms. The van der Waals surface area contributed by atoms with E-state index in [0.29, 0.717) is 12.2 Å². The number of rotatable bonds is 2. The van der Waals surface area contributed by atoms with E-state index in [1.54, 1.807) is 0 Å². The molecule has 1 aliphatic carbocycles. The standard InChI is InChI=1S/C15H13F3N2O2/c16-10-6-8(7-11(17)13(10)18)19-15(21)14-9-4-2-1-3-5-12(9)22-20-14/h6-7H,1-5H2,(H,19,21). The molecular weight excluding hydrogens is 297 g/mol. The summed E-state index contributed by atoms with van der Waals surface area (Å²) in [6, 6.07) is 1.43. The molecule has 1 heterocycles. The molecule has 0 bridgehead atoms. The van der Waals surface area contributed by atoms with Crippen molar-refractivity contribution in [3.63, 3.8) is 0 Å². The third-order valence-corrected chi connectivity index (χ3v) is 3.66. The molecule has 1 aromatic heterocycles. The molecule has 0 saturated carbocycles. The number of aryl methyl sites for hydroxylation is 1. The van der Waals surface area contributed by atoms with E-state index in [-0.39, 0.29) is 11.4 Å². The van der Waals surface area contributed by atoms with Gasteiger partial charge in [0.15, 0.2) is 23.1 Å². The van der Waals surface area contributed by atoms with Gasteiger partial charge >= 0.3 is 0 Å². The van der Waals surface area contributed by atoms with Crippen molar-refractivity contribution in [3.8, 4) is 0 Å². The second-order valence-electron chi connectivity index (χ2n) is 5.20. The predicted octanol–water partition coefficient (Wildman–Crippen LogP) is 3.61. The number of hydrogen-bond donors (Lipinski definition) is 1. The highest BCUT2D eigenvalue weighted by atomic mass is 19.2. The number of carbonyl (C=O) groups excluding carboxylic acids is 1. The molecule has 0 atom stereocenters. The fraction of sp³-hybridized carbons (Fsp3) is 0.333. The van der Waals surface area contributed by atoms with Crippen molar-refractivity contribution >= 4 is 11.6 Å². The van der Waals surface area contributed by atoms with Gasteiger partial charge in [-0.15, -0.1) is 0 Å². The highest BCUT2D eigenvalue weighted by Crippen LogP contribution is 2.25. The number of benzene rings is 1. The molecule has 1 amide bonds. The van der Waals surface area contributed by atoms with Crippen LogP contribution in [0.2, 0.25) is 0 Å². The first-order chi connectivity index (χ1) is 10.6.